The summed E-state index contributed by atoms with van der Waals surface area (Å²) in [6.07, 6.45) is 1.07. The van der Waals surface area contributed by atoms with Crippen LogP contribution in [0.5, 0.6) is 11.5 Å². The molecule has 1 aromatic rings. The van der Waals surface area contributed by atoms with Gasteiger partial charge in [0.05, 0.1) is 11.9 Å². The molecule has 1 aromatic carbocycles. The molecule has 1 amide bonds. The van der Waals surface area contributed by atoms with Crippen molar-refractivity contribution in [1.29, 1.82) is 0 Å². The minimum atomic E-state index is -3.63. The van der Waals surface area contributed by atoms with Crippen molar-refractivity contribution in [3.05, 3.63) is 18.2 Å². The molecule has 0 saturated carbocycles. The molecule has 1 aliphatic rings. The summed E-state index contributed by atoms with van der Waals surface area (Å²) in [6.45, 7) is 4.61. The van der Waals surface area contributed by atoms with Gasteiger partial charge in [-0.1, -0.05) is 0 Å². The van der Waals surface area contributed by atoms with Gasteiger partial charge in [0.1, 0.15) is 19.3 Å². The van der Waals surface area contributed by atoms with Crippen LogP contribution in [0.2, 0.25) is 0 Å². The summed E-state index contributed by atoms with van der Waals surface area (Å²) >= 11 is 0. The molecule has 0 spiro atoms. The second kappa shape index (κ2) is 6.43. The number of amides is 1. The highest BCUT2D eigenvalue weighted by Crippen LogP contribution is 2.35. The lowest BCUT2D eigenvalue weighted by Crippen LogP contribution is -2.47. The lowest BCUT2D eigenvalue weighted by atomic mass is 10.2. The highest BCUT2D eigenvalue weighted by molar-refractivity contribution is 7.92. The quantitative estimate of drug-likeness (QED) is 0.862. The molecule has 7 nitrogen and oxygen atoms in total. The Morgan fingerprint density at radius 1 is 1.32 bits per heavy atom. The molecule has 0 aromatic heterocycles. The van der Waals surface area contributed by atoms with Crippen LogP contribution in [0.25, 0.3) is 0 Å². The molecule has 1 aliphatic heterocycles. The van der Waals surface area contributed by atoms with Crippen molar-refractivity contribution in [2.75, 3.05) is 30.3 Å². The molecule has 0 radical (unpaired) electrons. The van der Waals surface area contributed by atoms with E-state index in [1.54, 1.807) is 32.0 Å². The fraction of sp³-hybridized carbons (Fsp3) is 0.500. The SMILES string of the molecule is CCNC(=O)[C@H](C)N(c1ccc2c(c1)OCCO2)S(C)(=O)=O. The number of fused-ring (bicyclic) bond motifs is 1. The van der Waals surface area contributed by atoms with Gasteiger partial charge >= 0.3 is 0 Å². The van der Waals surface area contributed by atoms with Crippen LogP contribution in [0.4, 0.5) is 5.69 Å². The van der Waals surface area contributed by atoms with Gasteiger partial charge in [-0.05, 0) is 26.0 Å². The summed E-state index contributed by atoms with van der Waals surface area (Å²) in [4.78, 5) is 12.0. The smallest absolute Gasteiger partial charge is 0.243 e. The molecule has 0 saturated heterocycles. The van der Waals surface area contributed by atoms with Gasteiger partial charge < -0.3 is 14.8 Å². The van der Waals surface area contributed by atoms with Gasteiger partial charge in [-0.2, -0.15) is 0 Å². The monoisotopic (exact) mass is 328 g/mol. The average Bonchev–Trinajstić information content (AvgIpc) is 2.46. The van der Waals surface area contributed by atoms with E-state index in [4.69, 9.17) is 9.47 Å². The van der Waals surface area contributed by atoms with Crippen molar-refractivity contribution in [3.63, 3.8) is 0 Å². The van der Waals surface area contributed by atoms with Crippen LogP contribution in [-0.2, 0) is 14.8 Å². The molecule has 1 heterocycles. The Bertz CT molecular complexity index is 659. The van der Waals surface area contributed by atoms with E-state index in [2.05, 4.69) is 5.32 Å². The second-order valence-electron chi connectivity index (χ2n) is 4.96. The number of carbonyl (C=O) groups excluding carboxylic acids is 1. The maximum absolute atomic E-state index is 12.1. The summed E-state index contributed by atoms with van der Waals surface area (Å²) in [5.74, 6) is 0.678. The number of anilines is 1. The van der Waals surface area contributed by atoms with Crippen LogP contribution in [-0.4, -0.2) is 46.4 Å². The minimum absolute atomic E-state index is 0.359. The number of ether oxygens (including phenoxy) is 2. The number of carbonyl (C=O) groups is 1. The van der Waals surface area contributed by atoms with E-state index in [9.17, 15) is 13.2 Å². The molecule has 1 atom stereocenters. The van der Waals surface area contributed by atoms with Crippen molar-refractivity contribution in [2.45, 2.75) is 19.9 Å². The maximum atomic E-state index is 12.1. The normalized spacial score (nSPS) is 15.0. The Labute approximate surface area is 130 Å². The molecule has 22 heavy (non-hydrogen) atoms. The molecule has 8 heteroatoms. The van der Waals surface area contributed by atoms with E-state index in [1.807, 2.05) is 0 Å². The molecular formula is C14H20N2O5S. The van der Waals surface area contributed by atoms with Gasteiger partial charge in [-0.3, -0.25) is 9.10 Å². The second-order valence-corrected chi connectivity index (χ2v) is 6.82. The Morgan fingerprint density at radius 3 is 2.55 bits per heavy atom. The fourth-order valence-corrected chi connectivity index (χ4v) is 3.47. The highest BCUT2D eigenvalue weighted by Gasteiger charge is 2.29. The number of nitrogens with zero attached hydrogens (tertiary/aromatic N) is 1. The lowest BCUT2D eigenvalue weighted by molar-refractivity contribution is -0.121. The zero-order valence-corrected chi connectivity index (χ0v) is 13.6. The molecular weight excluding hydrogens is 308 g/mol. The Morgan fingerprint density at radius 2 is 1.95 bits per heavy atom. The summed E-state index contributed by atoms with van der Waals surface area (Å²) in [7, 11) is -3.63. The molecule has 0 aliphatic carbocycles. The van der Waals surface area contributed by atoms with Gasteiger partial charge in [0.15, 0.2) is 11.5 Å². The number of hydrogen-bond donors (Lipinski definition) is 1. The van der Waals surface area contributed by atoms with E-state index in [1.165, 1.54) is 0 Å². The molecule has 0 unspecified atom stereocenters. The van der Waals surface area contributed by atoms with Crippen molar-refractivity contribution >= 4 is 21.6 Å². The Kier molecular flexibility index (Phi) is 4.80. The Hall–Kier alpha value is -1.96. The van der Waals surface area contributed by atoms with Crippen LogP contribution in [0.3, 0.4) is 0 Å². The van der Waals surface area contributed by atoms with E-state index in [-0.39, 0.29) is 5.91 Å². The summed E-state index contributed by atoms with van der Waals surface area (Å²) in [6, 6.07) is 3.96. The maximum Gasteiger partial charge on any atom is 0.243 e. The summed E-state index contributed by atoms with van der Waals surface area (Å²) < 4.78 is 36.2. The van der Waals surface area contributed by atoms with Gasteiger partial charge in [0.25, 0.3) is 0 Å². The van der Waals surface area contributed by atoms with Crippen LogP contribution in [0.1, 0.15) is 13.8 Å². The number of rotatable bonds is 5. The fourth-order valence-electron chi connectivity index (χ4n) is 2.30. The van der Waals surface area contributed by atoms with E-state index in [0.29, 0.717) is 36.9 Å². The van der Waals surface area contributed by atoms with Crippen LogP contribution >= 0.6 is 0 Å². The standard InChI is InChI=1S/C14H20N2O5S/c1-4-15-14(17)10(2)16(22(3,18)19)11-5-6-12-13(9-11)21-8-7-20-12/h5-6,9-10H,4,7-8H2,1-3H3,(H,15,17)/t10-/m0/s1. The molecule has 0 fully saturated rings. The zero-order valence-electron chi connectivity index (χ0n) is 12.8. The van der Waals surface area contributed by atoms with E-state index < -0.39 is 16.1 Å². The number of benzene rings is 1. The Balaban J connectivity index is 2.40. The first-order valence-corrected chi connectivity index (χ1v) is 8.86. The van der Waals surface area contributed by atoms with Gasteiger partial charge in [-0.25, -0.2) is 8.42 Å². The predicted molar refractivity (Wildman–Crippen MR) is 82.9 cm³/mol. The third-order valence-electron chi connectivity index (χ3n) is 3.22. The largest absolute Gasteiger partial charge is 0.486 e. The lowest BCUT2D eigenvalue weighted by Gasteiger charge is -2.29. The van der Waals surface area contributed by atoms with Crippen molar-refractivity contribution in [2.24, 2.45) is 0 Å². The third-order valence-corrected chi connectivity index (χ3v) is 4.46. The third kappa shape index (κ3) is 3.44. The minimum Gasteiger partial charge on any atom is -0.486 e. The number of likely N-dealkylation sites (N-methyl/N-ethyl adjacent to an activating group) is 1. The molecule has 1 N–H and O–H groups in total. The van der Waals surface area contributed by atoms with E-state index >= 15 is 0 Å². The average molecular weight is 328 g/mol. The molecule has 0 bridgehead atoms. The topological polar surface area (TPSA) is 84.9 Å². The van der Waals surface area contributed by atoms with Crippen LogP contribution in [0.15, 0.2) is 18.2 Å². The van der Waals surface area contributed by atoms with Crippen molar-refractivity contribution in [3.8, 4) is 11.5 Å². The first-order valence-electron chi connectivity index (χ1n) is 7.01. The first kappa shape index (κ1) is 16.4. The predicted octanol–water partition coefficient (Wildman–Crippen LogP) is 0.748. The molecule has 2 rings (SSSR count). The number of nitrogens with one attached hydrogen (secondary N) is 1. The van der Waals surface area contributed by atoms with Crippen LogP contribution < -0.4 is 19.1 Å². The van der Waals surface area contributed by atoms with Crippen molar-refractivity contribution < 1.29 is 22.7 Å². The van der Waals surface area contributed by atoms with E-state index in [0.717, 1.165) is 10.6 Å². The zero-order chi connectivity index (χ0) is 16.3. The molecule has 122 valence electrons. The number of sulfonamides is 1. The number of hydrogen-bond acceptors (Lipinski definition) is 5. The highest BCUT2D eigenvalue weighted by atomic mass is 32.2. The van der Waals surface area contributed by atoms with Gasteiger partial charge in [0, 0.05) is 12.6 Å². The van der Waals surface area contributed by atoms with Crippen molar-refractivity contribution in [1.82, 2.24) is 5.32 Å². The van der Waals surface area contributed by atoms with Gasteiger partial charge in [-0.15, -0.1) is 0 Å². The van der Waals surface area contributed by atoms with Crippen LogP contribution in [0, 0.1) is 0 Å². The first-order chi connectivity index (χ1) is 10.3. The summed E-state index contributed by atoms with van der Waals surface area (Å²) in [5, 5.41) is 2.63. The van der Waals surface area contributed by atoms with Gasteiger partial charge in [0.2, 0.25) is 15.9 Å². The summed E-state index contributed by atoms with van der Waals surface area (Å²) in [5.41, 5.74) is 0.366.